The number of non-ortho nitro benzene ring substituents is 1. The number of methoxy groups -OCH3 is 1. The summed E-state index contributed by atoms with van der Waals surface area (Å²) >= 11 is 0. The van der Waals surface area contributed by atoms with E-state index >= 15 is 0 Å². The molecule has 3 rings (SSSR count). The molecule has 2 aromatic rings. The van der Waals surface area contributed by atoms with Crippen LogP contribution in [0.2, 0.25) is 0 Å². The van der Waals surface area contributed by atoms with Gasteiger partial charge in [0.1, 0.15) is 5.75 Å². The minimum Gasteiger partial charge on any atom is -0.495 e. The second kappa shape index (κ2) is 7.53. The summed E-state index contributed by atoms with van der Waals surface area (Å²) in [5.74, 6) is 0.107. The smallest absolute Gasteiger partial charge is 0.271 e. The Hall–Kier alpha value is -2.93. The van der Waals surface area contributed by atoms with Crippen LogP contribution in [0.3, 0.4) is 0 Å². The van der Waals surface area contributed by atoms with Crippen LogP contribution in [0.4, 0.5) is 11.4 Å². The Morgan fingerprint density at radius 2 is 2.08 bits per heavy atom. The van der Waals surface area contributed by atoms with Crippen molar-refractivity contribution in [3.05, 3.63) is 63.7 Å². The largest absolute Gasteiger partial charge is 0.495 e. The zero-order valence-electron chi connectivity index (χ0n) is 14.7. The number of nitro benzene ring substituents is 1. The molecule has 0 heterocycles. The van der Waals surface area contributed by atoms with Crippen LogP contribution in [-0.4, -0.2) is 24.0 Å². The number of ether oxygens (including phenoxy) is 1. The Labute approximate surface area is 151 Å². The van der Waals surface area contributed by atoms with E-state index in [1.807, 2.05) is 12.1 Å². The highest BCUT2D eigenvalue weighted by Crippen LogP contribution is 2.32. The maximum absolute atomic E-state index is 12.6. The molecule has 136 valence electrons. The van der Waals surface area contributed by atoms with E-state index in [0.29, 0.717) is 5.75 Å². The average Bonchev–Trinajstić information content (AvgIpc) is 3.04. The van der Waals surface area contributed by atoms with E-state index < -0.39 is 11.0 Å². The number of hydrogen-bond acceptors (Lipinski definition) is 5. The Morgan fingerprint density at radius 1 is 1.31 bits per heavy atom. The van der Waals surface area contributed by atoms with Crippen LogP contribution in [-0.2, 0) is 11.2 Å². The molecule has 7 nitrogen and oxygen atoms in total. The second-order valence-corrected chi connectivity index (χ2v) is 6.31. The molecule has 0 aliphatic heterocycles. The van der Waals surface area contributed by atoms with Crippen molar-refractivity contribution in [2.45, 2.75) is 31.8 Å². The fourth-order valence-electron chi connectivity index (χ4n) is 3.26. The number of benzene rings is 2. The Morgan fingerprint density at radius 3 is 2.81 bits per heavy atom. The molecule has 2 N–H and O–H groups in total. The Bertz CT molecular complexity index is 837. The number of carbonyl (C=O) groups is 1. The average molecular weight is 355 g/mol. The molecule has 1 aliphatic rings. The minimum atomic E-state index is -0.508. The highest BCUT2D eigenvalue weighted by atomic mass is 16.6. The molecule has 0 fully saturated rings. The standard InChI is InChI=1S/C19H21N3O4/c1-12(20-16-9-7-13-5-3-4-6-15(13)16)19(23)21-17-11-14(22(24)25)8-10-18(17)26-2/h3-6,8,10-12,16,20H,7,9H2,1-2H3,(H,21,23)/t12-,16+/m0/s1. The molecular weight excluding hydrogens is 334 g/mol. The third kappa shape index (κ3) is 3.67. The zero-order chi connectivity index (χ0) is 18.7. The molecule has 0 aromatic heterocycles. The summed E-state index contributed by atoms with van der Waals surface area (Å²) in [6.45, 7) is 1.78. The zero-order valence-corrected chi connectivity index (χ0v) is 14.7. The summed E-state index contributed by atoms with van der Waals surface area (Å²) in [5.41, 5.74) is 2.71. The fraction of sp³-hybridized carbons (Fsp3) is 0.316. The first kappa shape index (κ1) is 17.9. The van der Waals surface area contributed by atoms with Crippen LogP contribution in [0, 0.1) is 10.1 Å². The van der Waals surface area contributed by atoms with Crippen molar-refractivity contribution < 1.29 is 14.5 Å². The molecule has 0 spiro atoms. The quantitative estimate of drug-likeness (QED) is 0.613. The molecule has 26 heavy (non-hydrogen) atoms. The molecule has 2 atom stereocenters. The third-order valence-electron chi connectivity index (χ3n) is 4.63. The number of hydrogen-bond donors (Lipinski definition) is 2. The molecule has 0 radical (unpaired) electrons. The maximum atomic E-state index is 12.6. The monoisotopic (exact) mass is 355 g/mol. The number of anilines is 1. The summed E-state index contributed by atoms with van der Waals surface area (Å²) in [6.07, 6.45) is 1.93. The van der Waals surface area contributed by atoms with E-state index in [1.165, 1.54) is 36.4 Å². The van der Waals surface area contributed by atoms with Gasteiger partial charge in [0.15, 0.2) is 0 Å². The van der Waals surface area contributed by atoms with Crippen molar-refractivity contribution in [3.8, 4) is 5.75 Å². The summed E-state index contributed by atoms with van der Waals surface area (Å²) in [6, 6.07) is 12.0. The van der Waals surface area contributed by atoms with Gasteiger partial charge in [-0.3, -0.25) is 20.2 Å². The summed E-state index contributed by atoms with van der Waals surface area (Å²) in [7, 11) is 1.45. The van der Waals surface area contributed by atoms with E-state index in [1.54, 1.807) is 6.92 Å². The van der Waals surface area contributed by atoms with Crippen LogP contribution in [0.25, 0.3) is 0 Å². The molecular formula is C19H21N3O4. The van der Waals surface area contributed by atoms with Gasteiger partial charge in [-0.2, -0.15) is 0 Å². The molecule has 0 bridgehead atoms. The lowest BCUT2D eigenvalue weighted by Gasteiger charge is -2.20. The van der Waals surface area contributed by atoms with Gasteiger partial charge >= 0.3 is 0 Å². The van der Waals surface area contributed by atoms with Crippen LogP contribution >= 0.6 is 0 Å². The van der Waals surface area contributed by atoms with E-state index in [9.17, 15) is 14.9 Å². The normalized spacial score (nSPS) is 16.6. The van der Waals surface area contributed by atoms with Crippen molar-refractivity contribution >= 4 is 17.3 Å². The lowest BCUT2D eigenvalue weighted by Crippen LogP contribution is -2.39. The molecule has 0 saturated heterocycles. The molecule has 1 amide bonds. The molecule has 1 aliphatic carbocycles. The first-order chi connectivity index (χ1) is 12.5. The lowest BCUT2D eigenvalue weighted by atomic mass is 10.1. The predicted molar refractivity (Wildman–Crippen MR) is 98.4 cm³/mol. The van der Waals surface area contributed by atoms with E-state index in [4.69, 9.17) is 4.74 Å². The van der Waals surface area contributed by atoms with Gasteiger partial charge in [-0.25, -0.2) is 0 Å². The fourth-order valence-corrected chi connectivity index (χ4v) is 3.26. The summed E-state index contributed by atoms with van der Waals surface area (Å²) in [4.78, 5) is 23.0. The first-order valence-corrected chi connectivity index (χ1v) is 8.46. The van der Waals surface area contributed by atoms with E-state index in [0.717, 1.165) is 12.8 Å². The highest BCUT2D eigenvalue weighted by Gasteiger charge is 2.26. The number of nitrogens with zero attached hydrogens (tertiary/aromatic N) is 1. The van der Waals surface area contributed by atoms with Crippen LogP contribution in [0.5, 0.6) is 5.75 Å². The van der Waals surface area contributed by atoms with Crippen LogP contribution in [0.15, 0.2) is 42.5 Å². The van der Waals surface area contributed by atoms with Gasteiger partial charge in [-0.05, 0) is 37.0 Å². The van der Waals surface area contributed by atoms with Gasteiger partial charge in [-0.1, -0.05) is 24.3 Å². The number of rotatable bonds is 6. The van der Waals surface area contributed by atoms with E-state index in [-0.39, 0.29) is 23.3 Å². The number of nitro groups is 1. The van der Waals surface area contributed by atoms with Crippen molar-refractivity contribution in [2.75, 3.05) is 12.4 Å². The Balaban J connectivity index is 1.70. The highest BCUT2D eigenvalue weighted by molar-refractivity contribution is 5.96. The molecule has 0 saturated carbocycles. The topological polar surface area (TPSA) is 93.5 Å². The predicted octanol–water partition coefficient (Wildman–Crippen LogP) is 3.21. The van der Waals surface area contributed by atoms with Gasteiger partial charge in [0.2, 0.25) is 5.91 Å². The Kier molecular flexibility index (Phi) is 5.18. The minimum absolute atomic E-state index is 0.105. The van der Waals surface area contributed by atoms with Gasteiger partial charge < -0.3 is 10.1 Å². The lowest BCUT2D eigenvalue weighted by molar-refractivity contribution is -0.384. The van der Waals surface area contributed by atoms with Gasteiger partial charge in [0, 0.05) is 18.2 Å². The van der Waals surface area contributed by atoms with E-state index in [2.05, 4.69) is 22.8 Å². The number of fused-ring (bicyclic) bond motifs is 1. The molecule has 0 unspecified atom stereocenters. The van der Waals surface area contributed by atoms with Gasteiger partial charge in [-0.15, -0.1) is 0 Å². The molecule has 2 aromatic carbocycles. The number of carbonyl (C=O) groups excluding carboxylic acids is 1. The van der Waals surface area contributed by atoms with Crippen LogP contribution in [0.1, 0.15) is 30.5 Å². The first-order valence-electron chi connectivity index (χ1n) is 8.46. The van der Waals surface area contributed by atoms with Crippen molar-refractivity contribution in [3.63, 3.8) is 0 Å². The number of nitrogens with one attached hydrogen (secondary N) is 2. The van der Waals surface area contributed by atoms with Crippen molar-refractivity contribution in [2.24, 2.45) is 0 Å². The van der Waals surface area contributed by atoms with Gasteiger partial charge in [0.05, 0.1) is 23.8 Å². The van der Waals surface area contributed by atoms with Crippen molar-refractivity contribution in [1.82, 2.24) is 5.32 Å². The van der Waals surface area contributed by atoms with Crippen molar-refractivity contribution in [1.29, 1.82) is 0 Å². The second-order valence-electron chi connectivity index (χ2n) is 6.31. The third-order valence-corrected chi connectivity index (χ3v) is 4.63. The van der Waals surface area contributed by atoms with Crippen LogP contribution < -0.4 is 15.4 Å². The number of amides is 1. The maximum Gasteiger partial charge on any atom is 0.271 e. The number of aryl methyl sites for hydroxylation is 1. The SMILES string of the molecule is COc1ccc([N+](=O)[O-])cc1NC(=O)[C@H](C)N[C@@H]1CCc2ccccc21. The molecule has 7 heteroatoms. The van der Waals surface area contributed by atoms with Gasteiger partial charge in [0.25, 0.3) is 5.69 Å². The summed E-state index contributed by atoms with van der Waals surface area (Å²) < 4.78 is 5.18. The summed E-state index contributed by atoms with van der Waals surface area (Å²) in [5, 5.41) is 17.0.